The largest absolute Gasteiger partial charge is 0.352 e. The van der Waals surface area contributed by atoms with Gasteiger partial charge in [0.05, 0.1) is 5.41 Å². The molecule has 1 aliphatic heterocycles. The SMILES string of the molecule is C#CCC(CC)NC(=O)C1(CCC)CCCNC1. The summed E-state index contributed by atoms with van der Waals surface area (Å²) in [6.45, 7) is 6.04. The average molecular weight is 250 g/mol. The summed E-state index contributed by atoms with van der Waals surface area (Å²) in [5, 5.41) is 6.51. The van der Waals surface area contributed by atoms with Gasteiger partial charge in [-0.05, 0) is 32.2 Å². The third-order valence-corrected chi connectivity index (χ3v) is 3.87. The molecule has 0 saturated carbocycles. The smallest absolute Gasteiger partial charge is 0.227 e. The van der Waals surface area contributed by atoms with Crippen LogP contribution in [0.5, 0.6) is 0 Å². The number of hydrogen-bond acceptors (Lipinski definition) is 2. The van der Waals surface area contributed by atoms with E-state index in [9.17, 15) is 4.79 Å². The number of carbonyl (C=O) groups is 1. The van der Waals surface area contributed by atoms with E-state index in [-0.39, 0.29) is 17.4 Å². The second kappa shape index (κ2) is 7.43. The van der Waals surface area contributed by atoms with Crippen LogP contribution >= 0.6 is 0 Å². The van der Waals surface area contributed by atoms with E-state index < -0.39 is 0 Å². The maximum absolute atomic E-state index is 12.5. The van der Waals surface area contributed by atoms with Crippen molar-refractivity contribution >= 4 is 5.91 Å². The fraction of sp³-hybridized carbons (Fsp3) is 0.800. The van der Waals surface area contributed by atoms with Crippen LogP contribution < -0.4 is 10.6 Å². The molecule has 1 saturated heterocycles. The number of nitrogens with one attached hydrogen (secondary N) is 2. The Morgan fingerprint density at radius 1 is 1.56 bits per heavy atom. The molecule has 1 heterocycles. The predicted octanol–water partition coefficient (Wildman–Crippen LogP) is 2.07. The van der Waals surface area contributed by atoms with Gasteiger partial charge in [0.15, 0.2) is 0 Å². The minimum Gasteiger partial charge on any atom is -0.352 e. The fourth-order valence-electron chi connectivity index (χ4n) is 2.75. The zero-order chi connectivity index (χ0) is 13.4. The first-order chi connectivity index (χ1) is 8.68. The standard InChI is InChI=1S/C15H26N2O/c1-4-8-13(6-3)17-14(18)15(9-5-2)10-7-11-16-12-15/h1,13,16H,5-12H2,2-3H3,(H,17,18). The monoisotopic (exact) mass is 250 g/mol. The molecule has 0 aromatic heterocycles. The summed E-state index contributed by atoms with van der Waals surface area (Å²) in [6, 6.07) is 0.123. The molecule has 1 amide bonds. The second-order valence-electron chi connectivity index (χ2n) is 5.30. The highest BCUT2D eigenvalue weighted by Gasteiger charge is 2.39. The summed E-state index contributed by atoms with van der Waals surface area (Å²) in [6.07, 6.45) is 10.9. The summed E-state index contributed by atoms with van der Waals surface area (Å²) in [5.74, 6) is 2.83. The molecule has 102 valence electrons. The number of rotatable bonds is 6. The topological polar surface area (TPSA) is 41.1 Å². The van der Waals surface area contributed by atoms with Crippen molar-refractivity contribution in [3.8, 4) is 12.3 Å². The Labute approximate surface area is 111 Å². The molecular formula is C15H26N2O. The molecule has 1 fully saturated rings. The zero-order valence-corrected chi connectivity index (χ0v) is 11.7. The highest BCUT2D eigenvalue weighted by atomic mass is 16.2. The van der Waals surface area contributed by atoms with E-state index in [1.54, 1.807) is 0 Å². The van der Waals surface area contributed by atoms with Crippen molar-refractivity contribution in [1.82, 2.24) is 10.6 Å². The van der Waals surface area contributed by atoms with E-state index in [1.807, 2.05) is 0 Å². The van der Waals surface area contributed by atoms with E-state index in [0.29, 0.717) is 6.42 Å². The molecule has 3 nitrogen and oxygen atoms in total. The van der Waals surface area contributed by atoms with Crippen LogP contribution in [0.3, 0.4) is 0 Å². The minimum atomic E-state index is -0.213. The van der Waals surface area contributed by atoms with E-state index in [0.717, 1.165) is 45.2 Å². The predicted molar refractivity (Wildman–Crippen MR) is 75.1 cm³/mol. The molecule has 0 aromatic rings. The first-order valence-electron chi connectivity index (χ1n) is 7.13. The third kappa shape index (κ3) is 3.74. The average Bonchev–Trinajstić information content (AvgIpc) is 2.39. The molecule has 18 heavy (non-hydrogen) atoms. The maximum Gasteiger partial charge on any atom is 0.227 e. The molecule has 0 bridgehead atoms. The van der Waals surface area contributed by atoms with Gasteiger partial charge in [-0.15, -0.1) is 12.3 Å². The van der Waals surface area contributed by atoms with Gasteiger partial charge in [0.25, 0.3) is 0 Å². The van der Waals surface area contributed by atoms with Crippen LogP contribution in [0, 0.1) is 17.8 Å². The number of terminal acetylenes is 1. The Morgan fingerprint density at radius 3 is 2.83 bits per heavy atom. The summed E-state index contributed by atoms with van der Waals surface area (Å²) in [5.41, 5.74) is -0.213. The quantitative estimate of drug-likeness (QED) is 0.709. The van der Waals surface area contributed by atoms with Crippen LogP contribution in [0.15, 0.2) is 0 Å². The Morgan fingerprint density at radius 2 is 2.33 bits per heavy atom. The third-order valence-electron chi connectivity index (χ3n) is 3.87. The Bertz CT molecular complexity index is 295. The van der Waals surface area contributed by atoms with Crippen molar-refractivity contribution in [2.24, 2.45) is 5.41 Å². The molecule has 2 N–H and O–H groups in total. The molecule has 0 spiro atoms. The first kappa shape index (κ1) is 15.0. The van der Waals surface area contributed by atoms with E-state index in [4.69, 9.17) is 6.42 Å². The van der Waals surface area contributed by atoms with Crippen molar-refractivity contribution in [3.05, 3.63) is 0 Å². The van der Waals surface area contributed by atoms with Crippen molar-refractivity contribution in [2.45, 2.75) is 58.4 Å². The van der Waals surface area contributed by atoms with Gasteiger partial charge in [-0.2, -0.15) is 0 Å². The van der Waals surface area contributed by atoms with Gasteiger partial charge in [-0.25, -0.2) is 0 Å². The lowest BCUT2D eigenvalue weighted by Gasteiger charge is -2.37. The Kier molecular flexibility index (Phi) is 6.21. The van der Waals surface area contributed by atoms with Gasteiger partial charge in [-0.3, -0.25) is 4.79 Å². The van der Waals surface area contributed by atoms with Gasteiger partial charge < -0.3 is 10.6 Å². The Balaban J connectivity index is 2.67. The van der Waals surface area contributed by atoms with Crippen LogP contribution in [0.25, 0.3) is 0 Å². The van der Waals surface area contributed by atoms with Gasteiger partial charge in [0.1, 0.15) is 0 Å². The summed E-state index contributed by atoms with van der Waals surface area (Å²) >= 11 is 0. The normalized spacial score (nSPS) is 25.2. The molecule has 3 heteroatoms. The summed E-state index contributed by atoms with van der Waals surface area (Å²) in [4.78, 5) is 12.5. The van der Waals surface area contributed by atoms with Crippen LogP contribution in [0.2, 0.25) is 0 Å². The van der Waals surface area contributed by atoms with Crippen molar-refractivity contribution < 1.29 is 4.79 Å². The van der Waals surface area contributed by atoms with Gasteiger partial charge in [-0.1, -0.05) is 20.3 Å². The number of hydrogen-bond donors (Lipinski definition) is 2. The van der Waals surface area contributed by atoms with E-state index in [1.165, 1.54) is 0 Å². The highest BCUT2D eigenvalue weighted by Crippen LogP contribution is 2.32. The van der Waals surface area contributed by atoms with Crippen molar-refractivity contribution in [2.75, 3.05) is 13.1 Å². The van der Waals surface area contributed by atoms with E-state index >= 15 is 0 Å². The second-order valence-corrected chi connectivity index (χ2v) is 5.30. The number of piperidine rings is 1. The fourth-order valence-corrected chi connectivity index (χ4v) is 2.75. The van der Waals surface area contributed by atoms with Crippen molar-refractivity contribution in [3.63, 3.8) is 0 Å². The number of carbonyl (C=O) groups excluding carboxylic acids is 1. The lowest BCUT2D eigenvalue weighted by atomic mass is 9.76. The van der Waals surface area contributed by atoms with Crippen LogP contribution in [0.1, 0.15) is 52.4 Å². The molecule has 0 aliphatic carbocycles. The van der Waals surface area contributed by atoms with Gasteiger partial charge >= 0.3 is 0 Å². The molecule has 2 unspecified atom stereocenters. The molecule has 0 radical (unpaired) electrons. The van der Waals surface area contributed by atoms with Gasteiger partial charge in [0.2, 0.25) is 5.91 Å². The van der Waals surface area contributed by atoms with Crippen LogP contribution in [0.4, 0.5) is 0 Å². The van der Waals surface area contributed by atoms with E-state index in [2.05, 4.69) is 30.4 Å². The highest BCUT2D eigenvalue weighted by molar-refractivity contribution is 5.83. The van der Waals surface area contributed by atoms with Crippen LogP contribution in [-0.4, -0.2) is 25.0 Å². The lowest BCUT2D eigenvalue weighted by Crippen LogP contribution is -2.52. The number of amides is 1. The lowest BCUT2D eigenvalue weighted by molar-refractivity contribution is -0.133. The first-order valence-corrected chi connectivity index (χ1v) is 7.13. The Hall–Kier alpha value is -1.01. The summed E-state index contributed by atoms with van der Waals surface area (Å²) in [7, 11) is 0. The summed E-state index contributed by atoms with van der Waals surface area (Å²) < 4.78 is 0. The van der Waals surface area contributed by atoms with Crippen LogP contribution in [-0.2, 0) is 4.79 Å². The molecule has 2 atom stereocenters. The molecule has 1 rings (SSSR count). The minimum absolute atomic E-state index is 0.123. The molecule has 1 aliphatic rings. The van der Waals surface area contributed by atoms with Crippen molar-refractivity contribution in [1.29, 1.82) is 0 Å². The zero-order valence-electron chi connectivity index (χ0n) is 11.7. The van der Waals surface area contributed by atoms with Gasteiger partial charge in [0, 0.05) is 19.0 Å². The molecule has 0 aromatic carbocycles. The maximum atomic E-state index is 12.5. The molecular weight excluding hydrogens is 224 g/mol.